The van der Waals surface area contributed by atoms with Crippen LogP contribution in [0.2, 0.25) is 0 Å². The van der Waals surface area contributed by atoms with Gasteiger partial charge in [0, 0.05) is 0 Å². The molecule has 64 valence electrons. The Morgan fingerprint density at radius 3 is 2.33 bits per heavy atom. The van der Waals surface area contributed by atoms with E-state index in [4.69, 9.17) is 0 Å². The molecule has 0 aliphatic heterocycles. The molecule has 0 aliphatic rings. The van der Waals surface area contributed by atoms with E-state index >= 15 is 0 Å². The van der Waals surface area contributed by atoms with E-state index in [9.17, 15) is 18.0 Å². The first-order chi connectivity index (χ1) is 5.57. The molecule has 0 N–H and O–H groups in total. The topological polar surface area (TPSA) is 17.1 Å². The molecule has 0 heterocycles. The molecule has 1 rings (SSSR count). The highest BCUT2D eigenvalue weighted by molar-refractivity contribution is 9.10. The van der Waals surface area contributed by atoms with Crippen molar-refractivity contribution < 1.29 is 18.0 Å². The maximum Gasteiger partial charge on any atom is 0.172 e. The number of hydrogen-bond donors (Lipinski definition) is 0. The van der Waals surface area contributed by atoms with Crippen molar-refractivity contribution in [3.05, 3.63) is 33.6 Å². The molecule has 0 fully saturated rings. The zero-order valence-electron chi connectivity index (χ0n) is 5.57. The molecule has 0 spiro atoms. The zero-order chi connectivity index (χ0) is 9.30. The summed E-state index contributed by atoms with van der Waals surface area (Å²) in [6.45, 7) is 0. The molecule has 0 atom stereocenters. The highest BCUT2D eigenvalue weighted by Gasteiger charge is 2.16. The van der Waals surface area contributed by atoms with E-state index in [1.54, 1.807) is 0 Å². The average molecular weight is 239 g/mol. The molecule has 0 aliphatic carbocycles. The zero-order valence-corrected chi connectivity index (χ0v) is 7.16. The Hall–Kier alpha value is -0.840. The van der Waals surface area contributed by atoms with Crippen molar-refractivity contribution in [1.82, 2.24) is 0 Å². The quantitative estimate of drug-likeness (QED) is 0.543. The highest BCUT2D eigenvalue weighted by atomic mass is 79.9. The van der Waals surface area contributed by atoms with Crippen LogP contribution in [0, 0.1) is 17.5 Å². The molecule has 5 heteroatoms. The van der Waals surface area contributed by atoms with Crippen LogP contribution in [0.4, 0.5) is 13.2 Å². The summed E-state index contributed by atoms with van der Waals surface area (Å²) in [7, 11) is 0. The number of hydrogen-bond acceptors (Lipinski definition) is 1. The van der Waals surface area contributed by atoms with E-state index < -0.39 is 23.0 Å². The summed E-state index contributed by atoms with van der Waals surface area (Å²) in [6, 6.07) is 0.623. The van der Waals surface area contributed by atoms with E-state index in [2.05, 4.69) is 15.9 Å². The summed E-state index contributed by atoms with van der Waals surface area (Å²) in [4.78, 5) is 10.1. The van der Waals surface area contributed by atoms with Crippen LogP contribution in [0.25, 0.3) is 0 Å². The molecule has 1 aromatic carbocycles. The van der Waals surface area contributed by atoms with E-state index in [1.165, 1.54) is 0 Å². The van der Waals surface area contributed by atoms with Crippen LogP contribution in [0.1, 0.15) is 10.4 Å². The van der Waals surface area contributed by atoms with Gasteiger partial charge in [0.05, 0.1) is 10.0 Å². The van der Waals surface area contributed by atoms with Crippen LogP contribution in [0.3, 0.4) is 0 Å². The lowest BCUT2D eigenvalue weighted by atomic mass is 10.2. The fourth-order valence-corrected chi connectivity index (χ4v) is 1.11. The lowest BCUT2D eigenvalue weighted by Gasteiger charge is -2.00. The van der Waals surface area contributed by atoms with Gasteiger partial charge in [-0.25, -0.2) is 13.2 Å². The Kier molecular flexibility index (Phi) is 2.52. The Morgan fingerprint density at radius 1 is 1.25 bits per heavy atom. The molecule has 1 nitrogen and oxygen atoms in total. The molecule has 0 aromatic heterocycles. The smallest absolute Gasteiger partial charge is 0.172 e. The molecular formula is C7H2BrF3O. The van der Waals surface area contributed by atoms with Gasteiger partial charge in [-0.15, -0.1) is 0 Å². The second-order valence-electron chi connectivity index (χ2n) is 2.00. The molecule has 0 saturated heterocycles. The summed E-state index contributed by atoms with van der Waals surface area (Å²) in [6.07, 6.45) is -0.0709. The van der Waals surface area contributed by atoms with Gasteiger partial charge in [-0.05, 0) is 22.0 Å². The number of benzene rings is 1. The second kappa shape index (κ2) is 3.26. The minimum Gasteiger partial charge on any atom is -0.298 e. The monoisotopic (exact) mass is 238 g/mol. The van der Waals surface area contributed by atoms with Gasteiger partial charge in [0.1, 0.15) is 0 Å². The molecule has 12 heavy (non-hydrogen) atoms. The van der Waals surface area contributed by atoms with Gasteiger partial charge in [0.15, 0.2) is 23.7 Å². The number of rotatable bonds is 1. The molecule has 0 radical (unpaired) electrons. The van der Waals surface area contributed by atoms with Crippen LogP contribution < -0.4 is 0 Å². The van der Waals surface area contributed by atoms with Gasteiger partial charge >= 0.3 is 0 Å². The first kappa shape index (κ1) is 9.25. The fourth-order valence-electron chi connectivity index (χ4n) is 0.695. The summed E-state index contributed by atoms with van der Waals surface area (Å²) < 4.78 is 37.5. The molecule has 0 unspecified atom stereocenters. The van der Waals surface area contributed by atoms with Crippen molar-refractivity contribution in [2.45, 2.75) is 0 Å². The van der Waals surface area contributed by atoms with E-state index in [1.807, 2.05) is 0 Å². The maximum absolute atomic E-state index is 12.8. The number of carbonyl (C=O) groups excluding carboxylic acids is 1. The van der Waals surface area contributed by atoms with Gasteiger partial charge in [0.2, 0.25) is 0 Å². The van der Waals surface area contributed by atoms with Crippen LogP contribution in [-0.2, 0) is 0 Å². The van der Waals surface area contributed by atoms with Crippen LogP contribution in [0.5, 0.6) is 0 Å². The molecular weight excluding hydrogens is 237 g/mol. The van der Waals surface area contributed by atoms with Gasteiger partial charge < -0.3 is 0 Å². The van der Waals surface area contributed by atoms with Crippen molar-refractivity contribution >= 4 is 22.2 Å². The van der Waals surface area contributed by atoms with Crippen molar-refractivity contribution in [2.75, 3.05) is 0 Å². The minimum absolute atomic E-state index is 0.0709. The lowest BCUT2D eigenvalue weighted by molar-refractivity contribution is 0.111. The summed E-state index contributed by atoms with van der Waals surface area (Å²) >= 11 is 2.63. The van der Waals surface area contributed by atoms with Crippen LogP contribution >= 0.6 is 15.9 Å². The van der Waals surface area contributed by atoms with Gasteiger partial charge in [0.25, 0.3) is 0 Å². The number of carbonyl (C=O) groups is 1. The van der Waals surface area contributed by atoms with Gasteiger partial charge in [-0.1, -0.05) is 0 Å². The predicted octanol–water partition coefficient (Wildman–Crippen LogP) is 2.68. The fraction of sp³-hybridized carbons (Fsp3) is 0. The number of halogens is 4. The molecule has 0 saturated carbocycles. The van der Waals surface area contributed by atoms with E-state index in [0.29, 0.717) is 6.07 Å². The minimum atomic E-state index is -1.47. The SMILES string of the molecule is O=Cc1c(F)c(F)cc(Br)c1F. The molecule has 1 aromatic rings. The highest BCUT2D eigenvalue weighted by Crippen LogP contribution is 2.22. The standard InChI is InChI=1S/C7H2BrF3O/c8-4-1-5(9)7(11)3(2-12)6(4)10/h1-2H. The Bertz CT molecular complexity index is 312. The first-order valence-corrected chi connectivity index (χ1v) is 3.65. The Balaban J connectivity index is 3.52. The normalized spacial score (nSPS) is 10.0. The Morgan fingerprint density at radius 2 is 1.83 bits per heavy atom. The van der Waals surface area contributed by atoms with Crippen molar-refractivity contribution in [3.8, 4) is 0 Å². The third-order valence-electron chi connectivity index (χ3n) is 1.26. The predicted molar refractivity (Wildman–Crippen MR) is 39.4 cm³/mol. The average Bonchev–Trinajstić information content (AvgIpc) is 2.02. The van der Waals surface area contributed by atoms with Gasteiger partial charge in [-0.2, -0.15) is 0 Å². The number of aldehydes is 1. The summed E-state index contributed by atoms with van der Waals surface area (Å²) in [5.41, 5.74) is -0.901. The van der Waals surface area contributed by atoms with Crippen LogP contribution in [0.15, 0.2) is 10.5 Å². The second-order valence-corrected chi connectivity index (χ2v) is 2.85. The van der Waals surface area contributed by atoms with Crippen molar-refractivity contribution in [3.63, 3.8) is 0 Å². The first-order valence-electron chi connectivity index (χ1n) is 2.86. The lowest BCUT2D eigenvalue weighted by Crippen LogP contribution is -1.98. The van der Waals surface area contributed by atoms with Crippen LogP contribution in [-0.4, -0.2) is 6.29 Å². The molecule has 0 bridgehead atoms. The third kappa shape index (κ3) is 1.36. The largest absolute Gasteiger partial charge is 0.298 e. The molecule has 0 amide bonds. The van der Waals surface area contributed by atoms with Crippen molar-refractivity contribution in [2.24, 2.45) is 0 Å². The van der Waals surface area contributed by atoms with Gasteiger partial charge in [-0.3, -0.25) is 4.79 Å². The van der Waals surface area contributed by atoms with E-state index in [-0.39, 0.29) is 10.8 Å². The maximum atomic E-state index is 12.8. The summed E-state index contributed by atoms with van der Waals surface area (Å²) in [5.74, 6) is -3.82. The third-order valence-corrected chi connectivity index (χ3v) is 1.84. The van der Waals surface area contributed by atoms with Crippen molar-refractivity contribution in [1.29, 1.82) is 0 Å². The summed E-state index contributed by atoms with van der Waals surface area (Å²) in [5, 5.41) is 0. The Labute approximate surface area is 74.3 Å². The van der Waals surface area contributed by atoms with E-state index in [0.717, 1.165) is 0 Å².